The lowest BCUT2D eigenvalue weighted by Crippen LogP contribution is -2.35. The molecular formula is C20H22N4O2. The number of amides is 2. The van der Waals surface area contributed by atoms with Gasteiger partial charge in [-0.2, -0.15) is 5.10 Å². The van der Waals surface area contributed by atoms with E-state index < -0.39 is 0 Å². The molecule has 0 saturated heterocycles. The number of hydrogen-bond acceptors (Lipinski definition) is 3. The second-order valence-corrected chi connectivity index (χ2v) is 5.90. The van der Waals surface area contributed by atoms with Crippen molar-refractivity contribution in [3.8, 4) is 5.75 Å². The third kappa shape index (κ3) is 5.11. The first-order valence-electron chi connectivity index (χ1n) is 8.45. The number of urea groups is 1. The molecule has 6 heteroatoms. The van der Waals surface area contributed by atoms with E-state index in [9.17, 15) is 4.79 Å². The summed E-state index contributed by atoms with van der Waals surface area (Å²) in [6.07, 6.45) is 1.70. The summed E-state index contributed by atoms with van der Waals surface area (Å²) in [5, 5.41) is 9.71. The first-order valence-corrected chi connectivity index (χ1v) is 8.45. The van der Waals surface area contributed by atoms with E-state index in [-0.39, 0.29) is 6.03 Å². The molecule has 0 aliphatic carbocycles. The molecule has 134 valence electrons. The Morgan fingerprint density at radius 1 is 0.962 bits per heavy atom. The van der Waals surface area contributed by atoms with Gasteiger partial charge in [0.05, 0.1) is 12.2 Å². The first-order chi connectivity index (χ1) is 12.7. The molecule has 2 N–H and O–H groups in total. The van der Waals surface area contributed by atoms with Gasteiger partial charge in [0, 0.05) is 19.8 Å². The van der Waals surface area contributed by atoms with Gasteiger partial charge in [0.15, 0.2) is 0 Å². The van der Waals surface area contributed by atoms with Gasteiger partial charge in [-0.3, -0.25) is 4.68 Å². The molecule has 1 heterocycles. The fraction of sp³-hybridized carbons (Fsp3) is 0.200. The van der Waals surface area contributed by atoms with Crippen molar-refractivity contribution >= 4 is 6.03 Å². The topological polar surface area (TPSA) is 68.2 Å². The SMILES string of the molecule is Cn1nccc1CNC(=O)NCc1ccc(OCc2ccccc2)cc1. The molecule has 3 rings (SSSR count). The van der Waals surface area contributed by atoms with E-state index in [0.29, 0.717) is 19.7 Å². The van der Waals surface area contributed by atoms with Gasteiger partial charge in [0.25, 0.3) is 0 Å². The minimum absolute atomic E-state index is 0.212. The van der Waals surface area contributed by atoms with E-state index >= 15 is 0 Å². The van der Waals surface area contributed by atoms with Crippen molar-refractivity contribution in [2.45, 2.75) is 19.7 Å². The van der Waals surface area contributed by atoms with Gasteiger partial charge in [0.2, 0.25) is 0 Å². The lowest BCUT2D eigenvalue weighted by molar-refractivity contribution is 0.240. The smallest absolute Gasteiger partial charge is 0.315 e. The van der Waals surface area contributed by atoms with Crippen molar-refractivity contribution in [2.24, 2.45) is 7.05 Å². The number of carbonyl (C=O) groups is 1. The fourth-order valence-corrected chi connectivity index (χ4v) is 2.43. The molecule has 0 spiro atoms. The van der Waals surface area contributed by atoms with E-state index in [1.807, 2.05) is 67.7 Å². The second kappa shape index (κ2) is 8.71. The van der Waals surface area contributed by atoms with Crippen molar-refractivity contribution in [3.05, 3.63) is 83.7 Å². The Morgan fingerprint density at radius 3 is 2.38 bits per heavy atom. The number of benzene rings is 2. The molecular weight excluding hydrogens is 328 g/mol. The van der Waals surface area contributed by atoms with Gasteiger partial charge in [-0.05, 0) is 29.3 Å². The summed E-state index contributed by atoms with van der Waals surface area (Å²) in [5.74, 6) is 0.804. The number of carbonyl (C=O) groups excluding carboxylic acids is 1. The normalized spacial score (nSPS) is 10.3. The summed E-state index contributed by atoms with van der Waals surface area (Å²) < 4.78 is 7.49. The lowest BCUT2D eigenvalue weighted by Gasteiger charge is -2.09. The number of aromatic nitrogens is 2. The van der Waals surface area contributed by atoms with Gasteiger partial charge < -0.3 is 15.4 Å². The third-order valence-corrected chi connectivity index (χ3v) is 3.98. The van der Waals surface area contributed by atoms with Crippen LogP contribution in [0.25, 0.3) is 0 Å². The average molecular weight is 350 g/mol. The zero-order valence-corrected chi connectivity index (χ0v) is 14.7. The van der Waals surface area contributed by atoms with Crippen molar-refractivity contribution in [1.29, 1.82) is 0 Å². The molecule has 0 aliphatic heterocycles. The lowest BCUT2D eigenvalue weighted by atomic mass is 10.2. The fourth-order valence-electron chi connectivity index (χ4n) is 2.43. The van der Waals surface area contributed by atoms with Gasteiger partial charge in [-0.1, -0.05) is 42.5 Å². The molecule has 6 nitrogen and oxygen atoms in total. The van der Waals surface area contributed by atoms with Crippen LogP contribution in [0.4, 0.5) is 4.79 Å². The van der Waals surface area contributed by atoms with Crippen LogP contribution < -0.4 is 15.4 Å². The number of rotatable bonds is 7. The van der Waals surface area contributed by atoms with Crippen LogP contribution in [0.15, 0.2) is 66.9 Å². The highest BCUT2D eigenvalue weighted by Crippen LogP contribution is 2.14. The number of nitrogens with one attached hydrogen (secondary N) is 2. The standard InChI is InChI=1S/C20H22N4O2/c1-24-18(11-12-23-24)14-22-20(25)21-13-16-7-9-19(10-8-16)26-15-17-5-3-2-4-6-17/h2-12H,13-15H2,1H3,(H2,21,22,25). The van der Waals surface area contributed by atoms with Gasteiger partial charge in [0.1, 0.15) is 12.4 Å². The van der Waals surface area contributed by atoms with E-state index in [0.717, 1.165) is 22.6 Å². The van der Waals surface area contributed by atoms with E-state index in [1.165, 1.54) is 0 Å². The van der Waals surface area contributed by atoms with Gasteiger partial charge >= 0.3 is 6.03 Å². The molecule has 0 atom stereocenters. The minimum atomic E-state index is -0.212. The maximum Gasteiger partial charge on any atom is 0.315 e. The van der Waals surface area contributed by atoms with Crippen LogP contribution >= 0.6 is 0 Å². The maximum absolute atomic E-state index is 11.9. The van der Waals surface area contributed by atoms with Crippen molar-refractivity contribution in [1.82, 2.24) is 20.4 Å². The molecule has 3 aromatic rings. The predicted octanol–water partition coefficient (Wildman–Crippen LogP) is 3.00. The summed E-state index contributed by atoms with van der Waals surface area (Å²) in [7, 11) is 1.84. The summed E-state index contributed by atoms with van der Waals surface area (Å²) in [4.78, 5) is 11.9. The van der Waals surface area contributed by atoms with Crippen molar-refractivity contribution in [3.63, 3.8) is 0 Å². The van der Waals surface area contributed by atoms with E-state index in [1.54, 1.807) is 10.9 Å². The summed E-state index contributed by atoms with van der Waals surface area (Å²) in [5.41, 5.74) is 3.08. The van der Waals surface area contributed by atoms with Crippen molar-refractivity contribution in [2.75, 3.05) is 0 Å². The minimum Gasteiger partial charge on any atom is -0.489 e. The monoisotopic (exact) mass is 350 g/mol. The van der Waals surface area contributed by atoms with Crippen LogP contribution in [0.3, 0.4) is 0 Å². The molecule has 0 saturated carbocycles. The van der Waals surface area contributed by atoms with E-state index in [4.69, 9.17) is 4.74 Å². The molecule has 0 unspecified atom stereocenters. The molecule has 0 bridgehead atoms. The van der Waals surface area contributed by atoms with E-state index in [2.05, 4.69) is 15.7 Å². The summed E-state index contributed by atoms with van der Waals surface area (Å²) in [6, 6.07) is 19.4. The highest BCUT2D eigenvalue weighted by Gasteiger charge is 2.03. The van der Waals surface area contributed by atoms with Crippen LogP contribution in [-0.4, -0.2) is 15.8 Å². The Morgan fingerprint density at radius 2 is 1.69 bits per heavy atom. The number of hydrogen-bond donors (Lipinski definition) is 2. The van der Waals surface area contributed by atoms with Crippen molar-refractivity contribution < 1.29 is 9.53 Å². The largest absolute Gasteiger partial charge is 0.489 e. The van der Waals surface area contributed by atoms with Crippen LogP contribution in [0.2, 0.25) is 0 Å². The molecule has 26 heavy (non-hydrogen) atoms. The average Bonchev–Trinajstić information content (AvgIpc) is 3.09. The highest BCUT2D eigenvalue weighted by molar-refractivity contribution is 5.73. The predicted molar refractivity (Wildman–Crippen MR) is 99.5 cm³/mol. The second-order valence-electron chi connectivity index (χ2n) is 5.90. The Bertz CT molecular complexity index is 829. The molecule has 0 fully saturated rings. The highest BCUT2D eigenvalue weighted by atomic mass is 16.5. The molecule has 1 aromatic heterocycles. The number of ether oxygens (including phenoxy) is 1. The third-order valence-electron chi connectivity index (χ3n) is 3.98. The maximum atomic E-state index is 11.9. The summed E-state index contributed by atoms with van der Waals surface area (Å²) in [6.45, 7) is 1.43. The summed E-state index contributed by atoms with van der Waals surface area (Å²) >= 11 is 0. The van der Waals surface area contributed by atoms with Crippen LogP contribution in [-0.2, 0) is 26.7 Å². The van der Waals surface area contributed by atoms with Crippen LogP contribution in [0.5, 0.6) is 5.75 Å². The Kier molecular flexibility index (Phi) is 5.88. The quantitative estimate of drug-likeness (QED) is 0.688. The van der Waals surface area contributed by atoms with Crippen LogP contribution in [0.1, 0.15) is 16.8 Å². The zero-order valence-electron chi connectivity index (χ0n) is 14.7. The molecule has 2 aromatic carbocycles. The van der Waals surface area contributed by atoms with Gasteiger partial charge in [-0.25, -0.2) is 4.79 Å². The number of nitrogens with zero attached hydrogens (tertiary/aromatic N) is 2. The first kappa shape index (κ1) is 17.5. The molecule has 2 amide bonds. The molecule has 0 aliphatic rings. The number of aryl methyl sites for hydroxylation is 1. The Hall–Kier alpha value is -3.28. The Labute approximate surface area is 152 Å². The van der Waals surface area contributed by atoms with Crippen LogP contribution in [0, 0.1) is 0 Å². The Balaban J connectivity index is 1.41. The zero-order chi connectivity index (χ0) is 18.2. The van der Waals surface area contributed by atoms with Gasteiger partial charge in [-0.15, -0.1) is 0 Å². The molecule has 0 radical (unpaired) electrons.